The van der Waals surface area contributed by atoms with Crippen LogP contribution in [0.4, 0.5) is 5.69 Å². The van der Waals surface area contributed by atoms with E-state index in [1.165, 1.54) is 25.1 Å². The topological polar surface area (TPSA) is 109 Å². The van der Waals surface area contributed by atoms with Gasteiger partial charge in [0, 0.05) is 14.2 Å². The third-order valence-electron chi connectivity index (χ3n) is 3.35. The van der Waals surface area contributed by atoms with Crippen molar-refractivity contribution in [2.24, 2.45) is 0 Å². The lowest BCUT2D eigenvalue weighted by Gasteiger charge is -2.26. The lowest BCUT2D eigenvalue weighted by atomic mass is 10.1. The van der Waals surface area contributed by atoms with Crippen LogP contribution in [0.25, 0.3) is 0 Å². The van der Waals surface area contributed by atoms with E-state index in [1.54, 1.807) is 0 Å². The van der Waals surface area contributed by atoms with E-state index in [1.807, 2.05) is 30.3 Å². The third-order valence-corrected chi connectivity index (χ3v) is 3.35. The van der Waals surface area contributed by atoms with Crippen molar-refractivity contribution >= 4 is 11.6 Å². The molecule has 0 spiro atoms. The van der Waals surface area contributed by atoms with Crippen molar-refractivity contribution in [2.45, 2.75) is 18.9 Å². The molecule has 2 aromatic rings. The van der Waals surface area contributed by atoms with Crippen LogP contribution in [0.5, 0.6) is 0 Å². The summed E-state index contributed by atoms with van der Waals surface area (Å²) in [6.07, 6.45) is 1.61. The van der Waals surface area contributed by atoms with Gasteiger partial charge >= 0.3 is 5.69 Å². The summed E-state index contributed by atoms with van der Waals surface area (Å²) in [5.41, 5.74) is 0.639. The fourth-order valence-corrected chi connectivity index (χ4v) is 2.24. The predicted molar refractivity (Wildman–Crippen MR) is 84.0 cm³/mol. The first-order valence-electron chi connectivity index (χ1n) is 7.12. The van der Waals surface area contributed by atoms with Crippen molar-refractivity contribution in [1.29, 1.82) is 0 Å². The number of nitrogens with one attached hydrogen (secondary N) is 1. The molecule has 0 aliphatic heterocycles. The van der Waals surface area contributed by atoms with E-state index in [0.717, 1.165) is 11.8 Å². The number of ether oxygens (including phenoxy) is 2. The minimum atomic E-state index is -0.677. The Labute approximate surface area is 138 Å². The van der Waals surface area contributed by atoms with Gasteiger partial charge in [0.2, 0.25) is 5.91 Å². The number of methoxy groups -OCH3 is 2. The van der Waals surface area contributed by atoms with E-state index in [4.69, 9.17) is 9.47 Å². The summed E-state index contributed by atoms with van der Waals surface area (Å²) in [7, 11) is 2.96. The Morgan fingerprint density at radius 3 is 2.54 bits per heavy atom. The zero-order valence-corrected chi connectivity index (χ0v) is 13.3. The van der Waals surface area contributed by atoms with Crippen molar-refractivity contribution in [3.63, 3.8) is 0 Å². The van der Waals surface area contributed by atoms with Gasteiger partial charge in [-0.3, -0.25) is 19.6 Å². The highest BCUT2D eigenvalue weighted by molar-refractivity contribution is 5.76. The molecule has 0 saturated heterocycles. The first kappa shape index (κ1) is 17.6. The molecule has 0 saturated carbocycles. The van der Waals surface area contributed by atoms with Gasteiger partial charge in [0.25, 0.3) is 0 Å². The quantitative estimate of drug-likeness (QED) is 0.442. The number of rotatable bonds is 8. The molecular weight excluding hydrogens is 316 g/mol. The van der Waals surface area contributed by atoms with Gasteiger partial charge in [-0.25, -0.2) is 0 Å². The fraction of sp³-hybridized carbons (Fsp3) is 0.333. The molecule has 9 nitrogen and oxygen atoms in total. The molecule has 24 heavy (non-hydrogen) atoms. The van der Waals surface area contributed by atoms with E-state index in [2.05, 4.69) is 10.4 Å². The molecular formula is C15H18N4O5. The maximum atomic E-state index is 12.3. The van der Waals surface area contributed by atoms with Gasteiger partial charge in [0.1, 0.15) is 25.0 Å². The number of aromatic nitrogens is 2. The number of benzene rings is 1. The Morgan fingerprint density at radius 2 is 2.00 bits per heavy atom. The Morgan fingerprint density at radius 1 is 1.33 bits per heavy atom. The van der Waals surface area contributed by atoms with Crippen LogP contribution in [-0.4, -0.2) is 41.1 Å². The maximum absolute atomic E-state index is 12.3. The fourth-order valence-electron chi connectivity index (χ4n) is 2.24. The van der Waals surface area contributed by atoms with E-state index in [0.29, 0.717) is 0 Å². The molecule has 1 N–H and O–H groups in total. The van der Waals surface area contributed by atoms with Crippen molar-refractivity contribution in [1.82, 2.24) is 15.1 Å². The van der Waals surface area contributed by atoms with Crippen molar-refractivity contribution in [2.75, 3.05) is 14.2 Å². The van der Waals surface area contributed by atoms with Crippen LogP contribution in [0, 0.1) is 10.1 Å². The standard InChI is InChI=1S/C15H18N4O5/c1-23-15(24-2)14(11-6-4-3-5-7-11)17-13(20)10-18-9-12(8-16-18)19(21)22/h3-9,14-15H,10H2,1-2H3,(H,17,20). The average Bonchev–Trinajstić information content (AvgIpc) is 3.04. The third kappa shape index (κ3) is 4.37. The average molecular weight is 334 g/mol. The lowest BCUT2D eigenvalue weighted by molar-refractivity contribution is -0.385. The number of hydrogen-bond acceptors (Lipinski definition) is 6. The van der Waals surface area contributed by atoms with E-state index in [-0.39, 0.29) is 18.1 Å². The second-order valence-corrected chi connectivity index (χ2v) is 4.95. The van der Waals surface area contributed by atoms with Crippen LogP contribution in [0.1, 0.15) is 11.6 Å². The minimum absolute atomic E-state index is 0.155. The monoisotopic (exact) mass is 334 g/mol. The molecule has 1 atom stereocenters. The summed E-state index contributed by atoms with van der Waals surface area (Å²) >= 11 is 0. The lowest BCUT2D eigenvalue weighted by Crippen LogP contribution is -2.39. The number of carbonyl (C=O) groups excluding carboxylic acids is 1. The summed E-state index contributed by atoms with van der Waals surface area (Å²) in [6.45, 7) is -0.155. The first-order valence-corrected chi connectivity index (χ1v) is 7.12. The molecule has 9 heteroatoms. The summed E-state index contributed by atoms with van der Waals surface area (Å²) in [5, 5.41) is 17.2. The SMILES string of the molecule is COC(OC)C(NC(=O)Cn1cc([N+](=O)[O-])cn1)c1ccccc1. The Kier molecular flexibility index (Phi) is 5.99. The van der Waals surface area contributed by atoms with Crippen molar-refractivity contribution in [3.05, 3.63) is 58.4 Å². The Hall–Kier alpha value is -2.78. The summed E-state index contributed by atoms with van der Waals surface area (Å²) in [5.74, 6) is -0.374. The summed E-state index contributed by atoms with van der Waals surface area (Å²) in [6, 6.07) is 8.70. The first-order chi connectivity index (χ1) is 11.5. The molecule has 0 aliphatic rings. The Bertz CT molecular complexity index is 684. The second kappa shape index (κ2) is 8.18. The molecule has 1 amide bonds. The van der Waals surface area contributed by atoms with Gasteiger partial charge in [-0.1, -0.05) is 30.3 Å². The van der Waals surface area contributed by atoms with Crippen LogP contribution in [0.15, 0.2) is 42.7 Å². The maximum Gasteiger partial charge on any atom is 0.307 e. The molecule has 0 radical (unpaired) electrons. The highest BCUT2D eigenvalue weighted by Crippen LogP contribution is 2.19. The Balaban J connectivity index is 2.10. The number of amides is 1. The molecule has 0 fully saturated rings. The predicted octanol–water partition coefficient (Wildman–Crippen LogP) is 1.27. The van der Waals surface area contributed by atoms with Gasteiger partial charge in [-0.05, 0) is 5.56 Å². The van der Waals surface area contributed by atoms with Crippen LogP contribution in [0.3, 0.4) is 0 Å². The van der Waals surface area contributed by atoms with Crippen molar-refractivity contribution < 1.29 is 19.2 Å². The van der Waals surface area contributed by atoms with Crippen LogP contribution >= 0.6 is 0 Å². The largest absolute Gasteiger partial charge is 0.353 e. The van der Waals surface area contributed by atoms with Gasteiger partial charge < -0.3 is 14.8 Å². The van der Waals surface area contributed by atoms with Gasteiger partial charge in [-0.15, -0.1) is 0 Å². The van der Waals surface area contributed by atoms with E-state index < -0.39 is 17.3 Å². The zero-order valence-electron chi connectivity index (χ0n) is 13.3. The molecule has 1 heterocycles. The normalized spacial score (nSPS) is 12.1. The summed E-state index contributed by atoms with van der Waals surface area (Å²) in [4.78, 5) is 22.3. The van der Waals surface area contributed by atoms with Crippen LogP contribution < -0.4 is 5.32 Å². The second-order valence-electron chi connectivity index (χ2n) is 4.95. The van der Waals surface area contributed by atoms with Crippen molar-refractivity contribution in [3.8, 4) is 0 Å². The highest BCUT2D eigenvalue weighted by Gasteiger charge is 2.25. The number of carbonyl (C=O) groups is 1. The van der Waals surface area contributed by atoms with Gasteiger partial charge in [0.15, 0.2) is 6.29 Å². The minimum Gasteiger partial charge on any atom is -0.353 e. The molecule has 2 rings (SSSR count). The molecule has 0 aliphatic carbocycles. The number of hydrogen-bond donors (Lipinski definition) is 1. The highest BCUT2D eigenvalue weighted by atomic mass is 16.7. The molecule has 0 bridgehead atoms. The summed E-state index contributed by atoms with van der Waals surface area (Å²) < 4.78 is 11.7. The zero-order chi connectivity index (χ0) is 17.5. The smallest absolute Gasteiger partial charge is 0.307 e. The molecule has 1 aromatic carbocycles. The molecule has 1 unspecified atom stereocenters. The number of nitrogens with zero attached hydrogens (tertiary/aromatic N) is 3. The molecule has 1 aromatic heterocycles. The van der Waals surface area contributed by atoms with Crippen LogP contribution in [0.2, 0.25) is 0 Å². The van der Waals surface area contributed by atoms with E-state index in [9.17, 15) is 14.9 Å². The van der Waals surface area contributed by atoms with Gasteiger partial charge in [-0.2, -0.15) is 5.10 Å². The van der Waals surface area contributed by atoms with Crippen LogP contribution in [-0.2, 0) is 20.8 Å². The van der Waals surface area contributed by atoms with Gasteiger partial charge in [0.05, 0.1) is 4.92 Å². The number of nitro groups is 1. The van der Waals surface area contributed by atoms with E-state index >= 15 is 0 Å². The molecule has 128 valence electrons.